The number of benzene rings is 1. The molecule has 1 aliphatic rings. The van der Waals surface area contributed by atoms with Gasteiger partial charge in [0, 0.05) is 6.04 Å². The minimum Gasteiger partial charge on any atom is -0.496 e. The molecule has 0 heterocycles. The Hall–Kier alpha value is -2.13. The molecule has 9 heteroatoms. The first-order chi connectivity index (χ1) is 13.0. The van der Waals surface area contributed by atoms with Crippen molar-refractivity contribution in [1.82, 2.24) is 5.32 Å². The Kier molecular flexibility index (Phi) is 7.06. The van der Waals surface area contributed by atoms with Crippen LogP contribution in [-0.2, 0) is 19.6 Å². The summed E-state index contributed by atoms with van der Waals surface area (Å²) in [6.45, 7) is 5.74. The topological polar surface area (TPSA) is 125 Å². The molecule has 0 aromatic heterocycles. The fourth-order valence-electron chi connectivity index (χ4n) is 3.39. The highest BCUT2D eigenvalue weighted by Crippen LogP contribution is 2.29. The second-order valence-corrected chi connectivity index (χ2v) is 8.90. The summed E-state index contributed by atoms with van der Waals surface area (Å²) in [4.78, 5) is 24.7. The lowest BCUT2D eigenvalue weighted by Crippen LogP contribution is -2.47. The first-order valence-electron chi connectivity index (χ1n) is 9.26. The van der Waals surface area contributed by atoms with E-state index in [0.717, 1.165) is 25.3 Å². The van der Waals surface area contributed by atoms with Crippen LogP contribution in [0.1, 0.15) is 50.4 Å². The van der Waals surface area contributed by atoms with Crippen LogP contribution in [0.15, 0.2) is 23.1 Å². The summed E-state index contributed by atoms with van der Waals surface area (Å²) in [7, 11) is -2.66. The number of amides is 1. The largest absolute Gasteiger partial charge is 0.496 e. The van der Waals surface area contributed by atoms with Crippen LogP contribution in [0.4, 0.5) is 0 Å². The summed E-state index contributed by atoms with van der Waals surface area (Å²) in [6.07, 6.45) is 2.03. The third-order valence-corrected chi connectivity index (χ3v) is 6.32. The van der Waals surface area contributed by atoms with Crippen LogP contribution in [0.2, 0.25) is 0 Å². The molecule has 1 aromatic carbocycles. The van der Waals surface area contributed by atoms with Crippen molar-refractivity contribution in [3.8, 4) is 5.75 Å². The Morgan fingerprint density at radius 3 is 2.54 bits per heavy atom. The lowest BCUT2D eigenvalue weighted by atomic mass is 9.78. The number of hydrogen-bond donors (Lipinski definition) is 2. The molecular weight excluding hydrogens is 384 g/mol. The van der Waals surface area contributed by atoms with E-state index in [0.29, 0.717) is 11.8 Å². The Morgan fingerprint density at radius 2 is 1.93 bits per heavy atom. The second kappa shape index (κ2) is 8.91. The molecule has 2 rings (SSSR count). The van der Waals surface area contributed by atoms with Crippen molar-refractivity contribution in [3.63, 3.8) is 0 Å². The number of ether oxygens (including phenoxy) is 2. The molecule has 8 nitrogen and oxygen atoms in total. The van der Waals surface area contributed by atoms with E-state index in [9.17, 15) is 18.0 Å². The van der Waals surface area contributed by atoms with Gasteiger partial charge in [-0.1, -0.05) is 26.7 Å². The van der Waals surface area contributed by atoms with Gasteiger partial charge in [0.05, 0.1) is 12.0 Å². The molecule has 4 unspecified atom stereocenters. The van der Waals surface area contributed by atoms with Gasteiger partial charge >= 0.3 is 5.97 Å². The molecule has 0 saturated heterocycles. The summed E-state index contributed by atoms with van der Waals surface area (Å²) in [6, 6.07) is 3.66. The van der Waals surface area contributed by atoms with E-state index in [-0.39, 0.29) is 28.2 Å². The number of carbonyl (C=O) groups excluding carboxylic acids is 2. The maximum Gasteiger partial charge on any atom is 0.342 e. The summed E-state index contributed by atoms with van der Waals surface area (Å²) in [5.41, 5.74) is -0.117. The Balaban J connectivity index is 2.10. The van der Waals surface area contributed by atoms with Crippen LogP contribution in [0.25, 0.3) is 0 Å². The Morgan fingerprint density at radius 1 is 1.25 bits per heavy atom. The fraction of sp³-hybridized carbons (Fsp3) is 0.579. The molecule has 28 heavy (non-hydrogen) atoms. The van der Waals surface area contributed by atoms with Gasteiger partial charge in [0.15, 0.2) is 6.10 Å². The van der Waals surface area contributed by atoms with Gasteiger partial charge in [-0.2, -0.15) is 0 Å². The van der Waals surface area contributed by atoms with Gasteiger partial charge in [-0.3, -0.25) is 4.79 Å². The molecule has 1 amide bonds. The zero-order valence-corrected chi connectivity index (χ0v) is 17.4. The summed E-state index contributed by atoms with van der Waals surface area (Å²) >= 11 is 0. The molecule has 3 N–H and O–H groups in total. The zero-order valence-electron chi connectivity index (χ0n) is 16.6. The van der Waals surface area contributed by atoms with E-state index in [1.165, 1.54) is 26.2 Å². The predicted octanol–water partition coefficient (Wildman–Crippen LogP) is 1.83. The van der Waals surface area contributed by atoms with Crippen molar-refractivity contribution in [2.24, 2.45) is 17.0 Å². The van der Waals surface area contributed by atoms with Crippen LogP contribution in [0.3, 0.4) is 0 Å². The minimum absolute atomic E-state index is 0.0395. The SMILES string of the molecule is COc1ccc(S(N)(=O)=O)cc1C(=O)OC(C)C(=O)NC1CCCC(C)C1C. The van der Waals surface area contributed by atoms with Gasteiger partial charge in [0.25, 0.3) is 5.91 Å². The number of nitrogens with two attached hydrogens (primary N) is 1. The molecule has 0 radical (unpaired) electrons. The van der Waals surface area contributed by atoms with Gasteiger partial charge in [0.2, 0.25) is 10.0 Å². The highest BCUT2D eigenvalue weighted by molar-refractivity contribution is 7.89. The lowest BCUT2D eigenvalue weighted by Gasteiger charge is -2.35. The molecular formula is C19H28N2O6S. The Bertz CT molecular complexity index is 839. The minimum atomic E-state index is -4.00. The normalized spacial score (nSPS) is 23.5. The number of methoxy groups -OCH3 is 1. The third kappa shape index (κ3) is 5.23. The van der Waals surface area contributed by atoms with Gasteiger partial charge in [-0.05, 0) is 43.4 Å². The Labute approximate surface area is 165 Å². The fourth-order valence-corrected chi connectivity index (χ4v) is 3.93. The molecule has 0 spiro atoms. The maximum atomic E-state index is 12.5. The molecule has 0 aliphatic heterocycles. The average molecular weight is 413 g/mol. The highest BCUT2D eigenvalue weighted by atomic mass is 32.2. The lowest BCUT2D eigenvalue weighted by molar-refractivity contribution is -0.130. The zero-order chi connectivity index (χ0) is 21.1. The molecule has 1 fully saturated rings. The number of carbonyl (C=O) groups is 2. The summed E-state index contributed by atoms with van der Waals surface area (Å²) in [5.74, 6) is -0.273. The van der Waals surface area contributed by atoms with Crippen LogP contribution in [0, 0.1) is 11.8 Å². The third-order valence-electron chi connectivity index (χ3n) is 5.41. The van der Waals surface area contributed by atoms with Crippen molar-refractivity contribution < 1.29 is 27.5 Å². The van der Waals surface area contributed by atoms with Crippen LogP contribution in [-0.4, -0.2) is 39.5 Å². The predicted molar refractivity (Wildman–Crippen MR) is 103 cm³/mol. The van der Waals surface area contributed by atoms with Crippen molar-refractivity contribution >= 4 is 21.9 Å². The second-order valence-electron chi connectivity index (χ2n) is 7.34. The van der Waals surface area contributed by atoms with Gasteiger partial charge in [-0.25, -0.2) is 18.4 Å². The molecule has 0 bridgehead atoms. The van der Waals surface area contributed by atoms with E-state index in [4.69, 9.17) is 14.6 Å². The van der Waals surface area contributed by atoms with Crippen molar-refractivity contribution in [2.45, 2.75) is 57.1 Å². The number of sulfonamides is 1. The van der Waals surface area contributed by atoms with E-state index in [1.54, 1.807) is 0 Å². The quantitative estimate of drug-likeness (QED) is 0.687. The number of rotatable bonds is 6. The smallest absolute Gasteiger partial charge is 0.342 e. The van der Waals surface area contributed by atoms with Crippen LogP contribution in [0.5, 0.6) is 5.75 Å². The summed E-state index contributed by atoms with van der Waals surface area (Å²) in [5, 5.41) is 8.07. The molecule has 1 aliphatic carbocycles. The van der Waals surface area contributed by atoms with E-state index in [1.807, 2.05) is 0 Å². The first-order valence-corrected chi connectivity index (χ1v) is 10.8. The standard InChI is InChI=1S/C19H28N2O6S/c1-11-6-5-7-16(12(11)2)21-18(22)13(3)27-19(23)15-10-14(28(20,24)25)8-9-17(15)26-4/h8-13,16H,5-7H2,1-4H3,(H,21,22)(H2,20,24,25). The van der Waals surface area contributed by atoms with E-state index in [2.05, 4.69) is 19.2 Å². The number of nitrogens with one attached hydrogen (secondary N) is 1. The van der Waals surface area contributed by atoms with Crippen LogP contribution >= 0.6 is 0 Å². The number of primary sulfonamides is 1. The molecule has 156 valence electrons. The molecule has 1 aromatic rings. The van der Waals surface area contributed by atoms with Crippen molar-refractivity contribution in [3.05, 3.63) is 23.8 Å². The monoisotopic (exact) mass is 412 g/mol. The average Bonchev–Trinajstić information content (AvgIpc) is 2.63. The molecule has 4 atom stereocenters. The van der Waals surface area contributed by atoms with E-state index >= 15 is 0 Å². The summed E-state index contributed by atoms with van der Waals surface area (Å²) < 4.78 is 33.4. The van der Waals surface area contributed by atoms with Crippen molar-refractivity contribution in [1.29, 1.82) is 0 Å². The van der Waals surface area contributed by atoms with Crippen LogP contribution < -0.4 is 15.2 Å². The molecule has 1 saturated carbocycles. The van der Waals surface area contributed by atoms with Gasteiger partial charge in [-0.15, -0.1) is 0 Å². The van der Waals surface area contributed by atoms with Crippen molar-refractivity contribution in [2.75, 3.05) is 7.11 Å². The first kappa shape index (κ1) is 22.2. The maximum absolute atomic E-state index is 12.5. The van der Waals surface area contributed by atoms with E-state index < -0.39 is 22.1 Å². The van der Waals surface area contributed by atoms with Gasteiger partial charge < -0.3 is 14.8 Å². The number of hydrogen-bond acceptors (Lipinski definition) is 6. The van der Waals surface area contributed by atoms with Gasteiger partial charge in [0.1, 0.15) is 11.3 Å². The highest BCUT2D eigenvalue weighted by Gasteiger charge is 2.30. The number of esters is 1.